The third-order valence-corrected chi connectivity index (χ3v) is 4.23. The van der Waals surface area contributed by atoms with Crippen molar-refractivity contribution in [3.05, 3.63) is 32.4 Å². The highest BCUT2D eigenvalue weighted by molar-refractivity contribution is 14.1. The minimum atomic E-state index is -0.674. The molecule has 17 heavy (non-hydrogen) atoms. The fraction of sp³-hybridized carbons (Fsp3) is 0.417. The molecule has 0 spiro atoms. The molecule has 3 nitrogen and oxygen atoms in total. The maximum Gasteiger partial charge on any atom is 0.251 e. The Balaban J connectivity index is 2.87. The van der Waals surface area contributed by atoms with E-state index in [1.165, 1.54) is 0 Å². The van der Waals surface area contributed by atoms with E-state index in [1.54, 1.807) is 39.0 Å². The normalized spacial score (nSPS) is 13.3. The lowest BCUT2D eigenvalue weighted by atomic mass is 9.98. The summed E-state index contributed by atoms with van der Waals surface area (Å²) in [6, 6.07) is 5.12. The topological polar surface area (TPSA) is 49.3 Å². The van der Waals surface area contributed by atoms with Crippen LogP contribution in [0.1, 0.15) is 31.1 Å². The largest absolute Gasteiger partial charge is 0.391 e. The van der Waals surface area contributed by atoms with Gasteiger partial charge in [0, 0.05) is 9.13 Å². The van der Waals surface area contributed by atoms with Crippen molar-refractivity contribution in [2.45, 2.75) is 32.4 Å². The van der Waals surface area contributed by atoms with Crippen LogP contribution in [0.2, 0.25) is 5.02 Å². The Hall–Kier alpha value is -0.330. The zero-order chi connectivity index (χ0) is 13.2. The molecule has 0 aliphatic heterocycles. The molecule has 1 aromatic rings. The summed E-state index contributed by atoms with van der Waals surface area (Å²) in [6.45, 7) is 5.18. The molecule has 0 saturated carbocycles. The van der Waals surface area contributed by atoms with Crippen LogP contribution in [-0.4, -0.2) is 22.7 Å². The van der Waals surface area contributed by atoms with Crippen LogP contribution in [0.25, 0.3) is 0 Å². The van der Waals surface area contributed by atoms with Crippen molar-refractivity contribution in [3.63, 3.8) is 0 Å². The molecule has 1 atom stereocenters. The number of nitrogens with one attached hydrogen (secondary N) is 1. The van der Waals surface area contributed by atoms with Gasteiger partial charge in [0.1, 0.15) is 0 Å². The van der Waals surface area contributed by atoms with Crippen LogP contribution < -0.4 is 5.32 Å². The minimum absolute atomic E-state index is 0.241. The first-order valence-electron chi connectivity index (χ1n) is 5.19. The Kier molecular flexibility index (Phi) is 4.80. The average Bonchev–Trinajstić information content (AvgIpc) is 2.21. The van der Waals surface area contributed by atoms with Gasteiger partial charge in [-0.2, -0.15) is 0 Å². The van der Waals surface area contributed by atoms with E-state index in [0.717, 1.165) is 3.57 Å². The predicted molar refractivity (Wildman–Crippen MR) is 77.4 cm³/mol. The van der Waals surface area contributed by atoms with E-state index in [1.807, 2.05) is 0 Å². The van der Waals surface area contributed by atoms with E-state index in [9.17, 15) is 9.90 Å². The summed E-state index contributed by atoms with van der Waals surface area (Å²) in [5.74, 6) is -0.241. The molecule has 94 valence electrons. The smallest absolute Gasteiger partial charge is 0.251 e. The number of benzene rings is 1. The molecular weight excluding hydrogens is 352 g/mol. The highest BCUT2D eigenvalue weighted by atomic mass is 127. The first-order chi connectivity index (χ1) is 7.74. The molecule has 0 aliphatic rings. The second-order valence-electron chi connectivity index (χ2n) is 4.48. The van der Waals surface area contributed by atoms with Crippen LogP contribution in [0.4, 0.5) is 0 Å². The molecule has 1 rings (SSSR count). The number of hydrogen-bond acceptors (Lipinski definition) is 2. The minimum Gasteiger partial charge on any atom is -0.391 e. The van der Waals surface area contributed by atoms with Crippen LogP contribution in [-0.2, 0) is 0 Å². The average molecular weight is 368 g/mol. The van der Waals surface area contributed by atoms with Crippen LogP contribution in [0.5, 0.6) is 0 Å². The summed E-state index contributed by atoms with van der Waals surface area (Å²) < 4.78 is 0.899. The number of halogens is 2. The lowest BCUT2D eigenvalue weighted by molar-refractivity contribution is 0.0709. The van der Waals surface area contributed by atoms with Crippen LogP contribution in [0.3, 0.4) is 0 Å². The van der Waals surface area contributed by atoms with E-state index in [-0.39, 0.29) is 5.91 Å². The Morgan fingerprint density at radius 3 is 2.59 bits per heavy atom. The highest BCUT2D eigenvalue weighted by Crippen LogP contribution is 2.20. The quantitative estimate of drug-likeness (QED) is 0.807. The number of carbonyl (C=O) groups is 1. The lowest BCUT2D eigenvalue weighted by Gasteiger charge is -2.29. The molecule has 0 saturated heterocycles. The fourth-order valence-electron chi connectivity index (χ4n) is 1.11. The molecular formula is C12H15ClINO2. The van der Waals surface area contributed by atoms with Crippen molar-refractivity contribution in [1.29, 1.82) is 0 Å². The van der Waals surface area contributed by atoms with Crippen molar-refractivity contribution in [2.75, 3.05) is 0 Å². The zero-order valence-electron chi connectivity index (χ0n) is 9.92. The molecule has 2 N–H and O–H groups in total. The standard InChI is InChI=1S/C12H15ClINO2/c1-7(16)12(2,3)15-11(17)8-4-5-10(14)9(13)6-8/h4-7,16H,1-3H3,(H,15,17). The van der Waals surface area contributed by atoms with Gasteiger partial charge in [-0.15, -0.1) is 0 Å². The number of aliphatic hydroxyl groups is 1. The molecule has 0 radical (unpaired) electrons. The molecule has 0 fully saturated rings. The number of amides is 1. The van der Waals surface area contributed by atoms with Gasteiger partial charge >= 0.3 is 0 Å². The summed E-state index contributed by atoms with van der Waals surface area (Å²) in [6.07, 6.45) is -0.634. The van der Waals surface area contributed by atoms with Crippen LogP contribution >= 0.6 is 34.2 Å². The first-order valence-corrected chi connectivity index (χ1v) is 6.65. The zero-order valence-corrected chi connectivity index (χ0v) is 12.8. The van der Waals surface area contributed by atoms with E-state index < -0.39 is 11.6 Å². The molecule has 5 heteroatoms. The fourth-order valence-corrected chi connectivity index (χ4v) is 1.62. The Bertz CT molecular complexity index is 433. The van der Waals surface area contributed by atoms with E-state index in [2.05, 4.69) is 27.9 Å². The molecule has 1 aromatic carbocycles. The Labute approximate surface area is 120 Å². The van der Waals surface area contributed by atoms with E-state index in [4.69, 9.17) is 11.6 Å². The van der Waals surface area contributed by atoms with Crippen molar-refractivity contribution >= 4 is 40.1 Å². The van der Waals surface area contributed by atoms with Crippen molar-refractivity contribution in [3.8, 4) is 0 Å². The first kappa shape index (κ1) is 14.7. The highest BCUT2D eigenvalue weighted by Gasteiger charge is 2.26. The Morgan fingerprint density at radius 1 is 1.53 bits per heavy atom. The number of hydrogen-bond donors (Lipinski definition) is 2. The predicted octanol–water partition coefficient (Wildman–Crippen LogP) is 2.83. The molecule has 0 aliphatic carbocycles. The van der Waals surface area contributed by atoms with Gasteiger partial charge in [0.15, 0.2) is 0 Å². The molecule has 0 bridgehead atoms. The molecule has 0 heterocycles. The Morgan fingerprint density at radius 2 is 2.12 bits per heavy atom. The van der Waals surface area contributed by atoms with Crippen molar-refractivity contribution in [2.24, 2.45) is 0 Å². The molecule has 0 aromatic heterocycles. The summed E-state index contributed by atoms with van der Waals surface area (Å²) >= 11 is 8.05. The maximum absolute atomic E-state index is 11.9. The number of rotatable bonds is 3. The second-order valence-corrected chi connectivity index (χ2v) is 6.05. The van der Waals surface area contributed by atoms with Gasteiger partial charge in [-0.3, -0.25) is 4.79 Å². The summed E-state index contributed by atoms with van der Waals surface area (Å²) in [5, 5.41) is 12.9. The second kappa shape index (κ2) is 5.54. The molecule has 1 amide bonds. The van der Waals surface area contributed by atoms with Gasteiger partial charge < -0.3 is 10.4 Å². The van der Waals surface area contributed by atoms with Gasteiger partial charge in [0.25, 0.3) is 5.91 Å². The van der Waals surface area contributed by atoms with Crippen molar-refractivity contribution < 1.29 is 9.90 Å². The van der Waals surface area contributed by atoms with E-state index >= 15 is 0 Å². The maximum atomic E-state index is 11.9. The third-order valence-electron chi connectivity index (χ3n) is 2.66. The van der Waals surface area contributed by atoms with Gasteiger partial charge in [-0.05, 0) is 61.6 Å². The van der Waals surface area contributed by atoms with E-state index in [0.29, 0.717) is 10.6 Å². The van der Waals surface area contributed by atoms with Gasteiger partial charge in [-0.25, -0.2) is 0 Å². The van der Waals surface area contributed by atoms with Gasteiger partial charge in [-0.1, -0.05) is 11.6 Å². The molecule has 1 unspecified atom stereocenters. The number of carbonyl (C=O) groups excluding carboxylic acids is 1. The van der Waals surface area contributed by atoms with Crippen molar-refractivity contribution in [1.82, 2.24) is 5.32 Å². The van der Waals surface area contributed by atoms with Gasteiger partial charge in [0.05, 0.1) is 16.7 Å². The van der Waals surface area contributed by atoms with Gasteiger partial charge in [0.2, 0.25) is 0 Å². The third kappa shape index (κ3) is 3.82. The summed E-state index contributed by atoms with van der Waals surface area (Å²) in [4.78, 5) is 11.9. The number of aliphatic hydroxyl groups excluding tert-OH is 1. The lowest BCUT2D eigenvalue weighted by Crippen LogP contribution is -2.50. The SMILES string of the molecule is CC(O)C(C)(C)NC(=O)c1ccc(I)c(Cl)c1. The monoisotopic (exact) mass is 367 g/mol. The van der Waals surface area contributed by atoms with Crippen LogP contribution in [0.15, 0.2) is 18.2 Å². The summed E-state index contributed by atoms with van der Waals surface area (Å²) in [5.41, 5.74) is -0.184. The van der Waals surface area contributed by atoms with Crippen LogP contribution in [0, 0.1) is 3.57 Å². The summed E-state index contributed by atoms with van der Waals surface area (Å²) in [7, 11) is 0.